The number of fused-ring (bicyclic) bond motifs is 1. The number of amides is 2. The van der Waals surface area contributed by atoms with Crippen LogP contribution < -0.4 is 16.4 Å². The molecule has 0 aliphatic heterocycles. The molecule has 4 N–H and O–H groups in total. The lowest BCUT2D eigenvalue weighted by Crippen LogP contribution is -2.32. The van der Waals surface area contributed by atoms with Crippen LogP contribution in [0.3, 0.4) is 0 Å². The Balaban J connectivity index is 0.00000147. The molecule has 4 rings (SSSR count). The highest BCUT2D eigenvalue weighted by Gasteiger charge is 2.20. The summed E-state index contributed by atoms with van der Waals surface area (Å²) in [5.41, 5.74) is 10.2. The molecule has 41 heavy (non-hydrogen) atoms. The monoisotopic (exact) mass is 557 g/mol. The van der Waals surface area contributed by atoms with Gasteiger partial charge in [-0.1, -0.05) is 31.2 Å². The molecule has 0 saturated heterocycles. The number of aldehydes is 1. The summed E-state index contributed by atoms with van der Waals surface area (Å²) in [6.45, 7) is 7.96. The highest BCUT2D eigenvalue weighted by atomic mass is 19.1. The van der Waals surface area contributed by atoms with Gasteiger partial charge in [0.1, 0.15) is 17.2 Å². The highest BCUT2D eigenvalue weighted by molar-refractivity contribution is 6.05. The van der Waals surface area contributed by atoms with Gasteiger partial charge in [-0.3, -0.25) is 14.4 Å². The Morgan fingerprint density at radius 3 is 2.37 bits per heavy atom. The second kappa shape index (κ2) is 14.2. The number of nitrogens with two attached hydrogens (primary N) is 1. The van der Waals surface area contributed by atoms with Crippen molar-refractivity contribution in [3.63, 3.8) is 0 Å². The number of benzene rings is 3. The summed E-state index contributed by atoms with van der Waals surface area (Å²) in [6, 6.07) is 16.1. The van der Waals surface area contributed by atoms with Crippen LogP contribution in [-0.2, 0) is 11.2 Å². The summed E-state index contributed by atoms with van der Waals surface area (Å²) in [6.07, 6.45) is 2.16. The van der Waals surface area contributed by atoms with Crippen LogP contribution in [0.4, 0.5) is 4.39 Å². The van der Waals surface area contributed by atoms with Crippen LogP contribution in [0.2, 0.25) is 0 Å². The molecule has 0 saturated carbocycles. The molecule has 214 valence electrons. The van der Waals surface area contributed by atoms with Crippen LogP contribution in [0.15, 0.2) is 77.2 Å². The third-order valence-corrected chi connectivity index (χ3v) is 6.45. The number of nitrogens with one attached hydrogen (secondary N) is 2. The Morgan fingerprint density at radius 1 is 1.07 bits per heavy atom. The summed E-state index contributed by atoms with van der Waals surface area (Å²) in [4.78, 5) is 37.0. The minimum Gasteiger partial charge on any atom is -0.455 e. The van der Waals surface area contributed by atoms with Gasteiger partial charge >= 0.3 is 0 Å². The SMILES string of the molecule is C=C(CC)CC(C)NC(=O)c1cccc(-c2cc3c(C=O)c(-c4ccc(F)cc4)oc3cc2CC(N)=O)c1.CNC. The van der Waals surface area contributed by atoms with E-state index in [0.717, 1.165) is 12.0 Å². The van der Waals surface area contributed by atoms with Crippen molar-refractivity contribution in [2.75, 3.05) is 14.1 Å². The van der Waals surface area contributed by atoms with Gasteiger partial charge in [-0.15, -0.1) is 0 Å². The van der Waals surface area contributed by atoms with Crippen molar-refractivity contribution in [1.82, 2.24) is 10.6 Å². The first-order chi connectivity index (χ1) is 19.6. The molecular formula is C33H36FN3O4. The standard InChI is InChI=1S/C31H29FN2O4.C2H7N/c1-4-18(2)12-19(3)34-31(37)22-7-5-6-21(13-22)25-16-26-27(17-35)30(20-8-10-24(32)11-9-20)38-28(26)14-23(25)15-29(33)36;1-3-2/h5-11,13-14,16-17,19H,2,4,12,15H2,1,3H3,(H2,33,36)(H,34,37);3H,1-2H3. The quantitative estimate of drug-likeness (QED) is 0.162. The van der Waals surface area contributed by atoms with Gasteiger partial charge in [-0.25, -0.2) is 4.39 Å². The lowest BCUT2D eigenvalue weighted by molar-refractivity contribution is -0.117. The molecule has 0 fully saturated rings. The maximum absolute atomic E-state index is 13.5. The largest absolute Gasteiger partial charge is 0.455 e. The number of rotatable bonds is 10. The molecule has 0 aliphatic rings. The first-order valence-corrected chi connectivity index (χ1v) is 13.4. The number of primary amides is 1. The van der Waals surface area contributed by atoms with Crippen LogP contribution in [0.1, 0.15) is 53.0 Å². The van der Waals surface area contributed by atoms with E-state index in [9.17, 15) is 18.8 Å². The Morgan fingerprint density at radius 2 is 1.76 bits per heavy atom. The van der Waals surface area contributed by atoms with Gasteiger partial charge < -0.3 is 20.8 Å². The van der Waals surface area contributed by atoms with Gasteiger partial charge in [0.05, 0.1) is 12.0 Å². The van der Waals surface area contributed by atoms with Crippen molar-refractivity contribution >= 4 is 29.1 Å². The van der Waals surface area contributed by atoms with E-state index < -0.39 is 11.7 Å². The summed E-state index contributed by atoms with van der Waals surface area (Å²) in [7, 11) is 3.75. The number of hydrogen-bond donors (Lipinski definition) is 3. The third kappa shape index (κ3) is 7.77. The zero-order chi connectivity index (χ0) is 30.1. The second-order valence-electron chi connectivity index (χ2n) is 9.88. The molecule has 4 aromatic rings. The minimum atomic E-state index is -0.537. The fraction of sp³-hybridized carbons (Fsp3) is 0.242. The number of furan rings is 1. The Bertz CT molecular complexity index is 1560. The predicted octanol–water partition coefficient (Wildman–Crippen LogP) is 6.06. The lowest BCUT2D eigenvalue weighted by Gasteiger charge is -2.15. The van der Waals surface area contributed by atoms with Crippen LogP contribution >= 0.6 is 0 Å². The van der Waals surface area contributed by atoms with Gasteiger partial charge in [0.2, 0.25) is 5.91 Å². The molecule has 2 amide bonds. The van der Waals surface area contributed by atoms with Crippen molar-refractivity contribution in [3.8, 4) is 22.5 Å². The van der Waals surface area contributed by atoms with E-state index in [1.165, 1.54) is 24.3 Å². The normalized spacial score (nSPS) is 11.3. The van der Waals surface area contributed by atoms with E-state index in [1.807, 2.05) is 34.0 Å². The van der Waals surface area contributed by atoms with Crippen LogP contribution in [0, 0.1) is 5.82 Å². The van der Waals surface area contributed by atoms with Gasteiger partial charge in [0.15, 0.2) is 6.29 Å². The minimum absolute atomic E-state index is 0.0686. The summed E-state index contributed by atoms with van der Waals surface area (Å²) in [5, 5.41) is 6.28. The zero-order valence-corrected chi connectivity index (χ0v) is 23.8. The number of carbonyl (C=O) groups is 3. The second-order valence-corrected chi connectivity index (χ2v) is 9.88. The molecule has 7 nitrogen and oxygen atoms in total. The van der Waals surface area contributed by atoms with E-state index in [4.69, 9.17) is 10.2 Å². The van der Waals surface area contributed by atoms with E-state index >= 15 is 0 Å². The summed E-state index contributed by atoms with van der Waals surface area (Å²) >= 11 is 0. The van der Waals surface area contributed by atoms with Gasteiger partial charge in [-0.05, 0) is 99.1 Å². The fourth-order valence-electron chi connectivity index (χ4n) is 4.50. The Kier molecular flexibility index (Phi) is 10.7. The third-order valence-electron chi connectivity index (χ3n) is 6.45. The molecule has 1 aromatic heterocycles. The van der Waals surface area contributed by atoms with E-state index in [1.54, 1.807) is 30.3 Å². The van der Waals surface area contributed by atoms with Gasteiger partial charge in [0.25, 0.3) is 5.91 Å². The van der Waals surface area contributed by atoms with E-state index in [2.05, 4.69) is 17.2 Å². The predicted molar refractivity (Wildman–Crippen MR) is 161 cm³/mol. The van der Waals surface area contributed by atoms with E-state index in [-0.39, 0.29) is 18.4 Å². The smallest absolute Gasteiger partial charge is 0.251 e. The number of carbonyl (C=O) groups excluding carboxylic acids is 3. The van der Waals surface area contributed by atoms with Crippen LogP contribution in [0.25, 0.3) is 33.4 Å². The fourth-order valence-corrected chi connectivity index (χ4v) is 4.50. The lowest BCUT2D eigenvalue weighted by atomic mass is 9.93. The van der Waals surface area contributed by atoms with Crippen molar-refractivity contribution in [2.24, 2.45) is 5.73 Å². The zero-order valence-electron chi connectivity index (χ0n) is 23.8. The maximum atomic E-state index is 13.5. The van der Waals surface area contributed by atoms with Crippen molar-refractivity contribution in [1.29, 1.82) is 0 Å². The Hall–Kier alpha value is -4.56. The van der Waals surface area contributed by atoms with Crippen molar-refractivity contribution < 1.29 is 23.2 Å². The number of hydrogen-bond acceptors (Lipinski definition) is 5. The maximum Gasteiger partial charge on any atom is 0.251 e. The number of halogens is 1. The molecule has 0 aliphatic carbocycles. The van der Waals surface area contributed by atoms with Gasteiger partial charge in [-0.2, -0.15) is 0 Å². The molecule has 3 aromatic carbocycles. The summed E-state index contributed by atoms with van der Waals surface area (Å²) < 4.78 is 19.5. The molecule has 0 bridgehead atoms. The van der Waals surface area contributed by atoms with E-state index in [0.29, 0.717) is 62.8 Å². The topological polar surface area (TPSA) is 114 Å². The van der Waals surface area contributed by atoms with Crippen LogP contribution in [-0.4, -0.2) is 38.2 Å². The average Bonchev–Trinajstić information content (AvgIpc) is 3.30. The first-order valence-electron chi connectivity index (χ1n) is 13.4. The molecule has 8 heteroatoms. The molecule has 1 unspecified atom stereocenters. The summed E-state index contributed by atoms with van der Waals surface area (Å²) in [5.74, 6) is -0.869. The van der Waals surface area contributed by atoms with Gasteiger partial charge in [0, 0.05) is 22.6 Å². The molecular weight excluding hydrogens is 521 g/mol. The van der Waals surface area contributed by atoms with Crippen LogP contribution in [0.5, 0.6) is 0 Å². The van der Waals surface area contributed by atoms with Crippen molar-refractivity contribution in [3.05, 3.63) is 95.3 Å². The van der Waals surface area contributed by atoms with Crippen molar-refractivity contribution in [2.45, 2.75) is 39.2 Å². The molecule has 0 radical (unpaired) electrons. The molecule has 1 atom stereocenters. The Labute approximate surface area is 239 Å². The molecule has 0 spiro atoms. The highest BCUT2D eigenvalue weighted by Crippen LogP contribution is 2.37. The molecule has 1 heterocycles. The average molecular weight is 558 g/mol. The first kappa shape index (κ1) is 31.0.